The number of hydrogen-bond acceptors (Lipinski definition) is 3. The summed E-state index contributed by atoms with van der Waals surface area (Å²) in [5.74, 6) is 0.190. The predicted molar refractivity (Wildman–Crippen MR) is 54.0 cm³/mol. The molecule has 0 heterocycles. The van der Waals surface area contributed by atoms with Crippen LogP contribution < -0.4 is 4.74 Å². The SMILES string of the molecule is COC(=O)c1ccc(OCCF)c(C)c1. The van der Waals surface area contributed by atoms with Gasteiger partial charge in [0.25, 0.3) is 0 Å². The summed E-state index contributed by atoms with van der Waals surface area (Å²) < 4.78 is 21.6. The summed E-state index contributed by atoms with van der Waals surface area (Å²) >= 11 is 0. The van der Waals surface area contributed by atoms with E-state index in [2.05, 4.69) is 4.74 Å². The number of hydrogen-bond donors (Lipinski definition) is 0. The highest BCUT2D eigenvalue weighted by atomic mass is 19.1. The van der Waals surface area contributed by atoms with Gasteiger partial charge in [0.1, 0.15) is 19.0 Å². The molecule has 1 aromatic rings. The molecule has 0 saturated carbocycles. The van der Waals surface area contributed by atoms with Crippen molar-refractivity contribution in [3.63, 3.8) is 0 Å². The number of benzene rings is 1. The third-order valence-electron chi connectivity index (χ3n) is 1.93. The predicted octanol–water partition coefficient (Wildman–Crippen LogP) is 2.13. The molecular formula is C11H13FO3. The summed E-state index contributed by atoms with van der Waals surface area (Å²) in [6.45, 7) is 1.29. The number of carbonyl (C=O) groups excluding carboxylic acids is 1. The van der Waals surface area contributed by atoms with Gasteiger partial charge >= 0.3 is 5.97 Å². The molecule has 0 aliphatic rings. The van der Waals surface area contributed by atoms with Crippen molar-refractivity contribution in [3.8, 4) is 5.75 Å². The maximum absolute atomic E-state index is 11.9. The van der Waals surface area contributed by atoms with Crippen LogP contribution in [0, 0.1) is 6.92 Å². The first-order chi connectivity index (χ1) is 7.19. The van der Waals surface area contributed by atoms with E-state index < -0.39 is 12.6 Å². The molecule has 0 amide bonds. The standard InChI is InChI=1S/C11H13FO3/c1-8-7-9(11(13)14-2)3-4-10(8)15-6-5-12/h3-4,7H,5-6H2,1-2H3. The zero-order valence-electron chi connectivity index (χ0n) is 8.75. The molecule has 3 nitrogen and oxygen atoms in total. The Morgan fingerprint density at radius 3 is 2.73 bits per heavy atom. The van der Waals surface area contributed by atoms with Gasteiger partial charge in [-0.25, -0.2) is 9.18 Å². The second kappa shape index (κ2) is 5.34. The van der Waals surface area contributed by atoms with Gasteiger partial charge in [-0.15, -0.1) is 0 Å². The summed E-state index contributed by atoms with van der Waals surface area (Å²) in [6.07, 6.45) is 0. The summed E-state index contributed by atoms with van der Waals surface area (Å²) in [4.78, 5) is 11.2. The average molecular weight is 212 g/mol. The van der Waals surface area contributed by atoms with Crippen LogP contribution >= 0.6 is 0 Å². The van der Waals surface area contributed by atoms with Crippen molar-refractivity contribution in [1.29, 1.82) is 0 Å². The normalized spacial score (nSPS) is 9.80. The van der Waals surface area contributed by atoms with Crippen LogP contribution in [-0.4, -0.2) is 26.4 Å². The Labute approximate surface area is 87.8 Å². The fraction of sp³-hybridized carbons (Fsp3) is 0.364. The van der Waals surface area contributed by atoms with Crippen LogP contribution in [0.3, 0.4) is 0 Å². The number of alkyl halides is 1. The molecule has 82 valence electrons. The number of aryl methyl sites for hydroxylation is 1. The zero-order chi connectivity index (χ0) is 11.3. The van der Waals surface area contributed by atoms with Crippen molar-refractivity contribution in [1.82, 2.24) is 0 Å². The number of methoxy groups -OCH3 is 1. The third-order valence-corrected chi connectivity index (χ3v) is 1.93. The van der Waals surface area contributed by atoms with E-state index in [9.17, 15) is 9.18 Å². The molecule has 0 spiro atoms. The van der Waals surface area contributed by atoms with Crippen LogP contribution in [0.1, 0.15) is 15.9 Å². The summed E-state index contributed by atoms with van der Waals surface area (Å²) in [6, 6.07) is 4.88. The maximum atomic E-state index is 11.9. The number of esters is 1. The van der Waals surface area contributed by atoms with Crippen LogP contribution in [-0.2, 0) is 4.74 Å². The maximum Gasteiger partial charge on any atom is 0.337 e. The van der Waals surface area contributed by atoms with Crippen molar-refractivity contribution >= 4 is 5.97 Å². The molecule has 0 bridgehead atoms. The van der Waals surface area contributed by atoms with E-state index in [0.29, 0.717) is 11.3 Å². The van der Waals surface area contributed by atoms with Gasteiger partial charge in [-0.3, -0.25) is 0 Å². The highest BCUT2D eigenvalue weighted by molar-refractivity contribution is 5.89. The van der Waals surface area contributed by atoms with Crippen molar-refractivity contribution < 1.29 is 18.7 Å². The zero-order valence-corrected chi connectivity index (χ0v) is 8.75. The largest absolute Gasteiger partial charge is 0.491 e. The van der Waals surface area contributed by atoms with E-state index in [-0.39, 0.29) is 6.61 Å². The lowest BCUT2D eigenvalue weighted by molar-refractivity contribution is 0.0600. The van der Waals surface area contributed by atoms with E-state index in [1.54, 1.807) is 25.1 Å². The third kappa shape index (κ3) is 2.94. The van der Waals surface area contributed by atoms with Crippen molar-refractivity contribution in [2.75, 3.05) is 20.4 Å². The van der Waals surface area contributed by atoms with Crippen LogP contribution in [0.15, 0.2) is 18.2 Å². The van der Waals surface area contributed by atoms with Crippen molar-refractivity contribution in [2.45, 2.75) is 6.92 Å². The Bertz CT molecular complexity index is 350. The molecule has 15 heavy (non-hydrogen) atoms. The Morgan fingerprint density at radius 1 is 1.47 bits per heavy atom. The van der Waals surface area contributed by atoms with Crippen LogP contribution in [0.25, 0.3) is 0 Å². The topological polar surface area (TPSA) is 35.5 Å². The van der Waals surface area contributed by atoms with Gasteiger partial charge in [0.2, 0.25) is 0 Å². The van der Waals surface area contributed by atoms with Crippen molar-refractivity contribution in [3.05, 3.63) is 29.3 Å². The highest BCUT2D eigenvalue weighted by Gasteiger charge is 2.07. The summed E-state index contributed by atoms with van der Waals surface area (Å²) in [5, 5.41) is 0. The van der Waals surface area contributed by atoms with E-state index in [0.717, 1.165) is 5.56 Å². The summed E-state index contributed by atoms with van der Waals surface area (Å²) in [7, 11) is 1.32. The second-order valence-electron chi connectivity index (χ2n) is 3.01. The second-order valence-corrected chi connectivity index (χ2v) is 3.01. The Kier molecular flexibility index (Phi) is 4.09. The fourth-order valence-electron chi connectivity index (χ4n) is 1.20. The molecular weight excluding hydrogens is 199 g/mol. The molecule has 0 aromatic heterocycles. The van der Waals surface area contributed by atoms with Crippen LogP contribution in [0.4, 0.5) is 4.39 Å². The minimum atomic E-state index is -0.530. The van der Waals surface area contributed by atoms with E-state index >= 15 is 0 Å². The molecule has 0 aliphatic carbocycles. The number of halogens is 1. The lowest BCUT2D eigenvalue weighted by atomic mass is 10.1. The Morgan fingerprint density at radius 2 is 2.20 bits per heavy atom. The lowest BCUT2D eigenvalue weighted by Gasteiger charge is -2.08. The molecule has 1 aromatic carbocycles. The quantitative estimate of drug-likeness (QED) is 0.717. The van der Waals surface area contributed by atoms with E-state index in [1.165, 1.54) is 7.11 Å². The lowest BCUT2D eigenvalue weighted by Crippen LogP contribution is -2.04. The molecule has 0 fully saturated rings. The molecule has 0 N–H and O–H groups in total. The first-order valence-electron chi connectivity index (χ1n) is 4.56. The van der Waals surface area contributed by atoms with E-state index in [4.69, 9.17) is 4.74 Å². The van der Waals surface area contributed by atoms with Gasteiger partial charge in [-0.05, 0) is 30.7 Å². The smallest absolute Gasteiger partial charge is 0.337 e. The minimum absolute atomic E-state index is 0.0262. The van der Waals surface area contributed by atoms with Gasteiger partial charge in [-0.2, -0.15) is 0 Å². The number of rotatable bonds is 4. The Hall–Kier alpha value is -1.58. The molecule has 4 heteroatoms. The first kappa shape index (κ1) is 11.5. The number of ether oxygens (including phenoxy) is 2. The molecule has 0 unspecified atom stereocenters. The van der Waals surface area contributed by atoms with Gasteiger partial charge in [0.15, 0.2) is 0 Å². The molecule has 0 aliphatic heterocycles. The summed E-state index contributed by atoms with van der Waals surface area (Å²) in [5.41, 5.74) is 1.24. The van der Waals surface area contributed by atoms with Gasteiger partial charge in [0, 0.05) is 0 Å². The monoisotopic (exact) mass is 212 g/mol. The molecule has 1 rings (SSSR count). The van der Waals surface area contributed by atoms with E-state index in [1.807, 2.05) is 0 Å². The van der Waals surface area contributed by atoms with Crippen molar-refractivity contribution in [2.24, 2.45) is 0 Å². The molecule has 0 saturated heterocycles. The van der Waals surface area contributed by atoms with Gasteiger partial charge < -0.3 is 9.47 Å². The first-order valence-corrected chi connectivity index (χ1v) is 4.56. The fourth-order valence-corrected chi connectivity index (χ4v) is 1.20. The highest BCUT2D eigenvalue weighted by Crippen LogP contribution is 2.19. The number of carbonyl (C=O) groups is 1. The molecule has 0 radical (unpaired) electrons. The Balaban J connectivity index is 2.83. The van der Waals surface area contributed by atoms with Crippen LogP contribution in [0.5, 0.6) is 5.75 Å². The minimum Gasteiger partial charge on any atom is -0.491 e. The molecule has 0 atom stereocenters. The average Bonchev–Trinajstić information content (AvgIpc) is 2.26. The van der Waals surface area contributed by atoms with Gasteiger partial charge in [-0.1, -0.05) is 0 Å². The van der Waals surface area contributed by atoms with Crippen LogP contribution in [0.2, 0.25) is 0 Å². The van der Waals surface area contributed by atoms with Gasteiger partial charge in [0.05, 0.1) is 12.7 Å².